The number of aromatic nitrogens is 2. The Morgan fingerprint density at radius 3 is 2.53 bits per heavy atom. The lowest BCUT2D eigenvalue weighted by molar-refractivity contribution is 0.489. The van der Waals surface area contributed by atoms with E-state index in [4.69, 9.17) is 4.55 Å². The molecule has 0 radical (unpaired) electrons. The van der Waals surface area contributed by atoms with E-state index in [2.05, 4.69) is 54.5 Å². The first-order chi connectivity index (χ1) is 17.4. The van der Waals surface area contributed by atoms with Gasteiger partial charge in [0, 0.05) is 17.0 Å². The van der Waals surface area contributed by atoms with E-state index < -0.39 is 10.3 Å². The van der Waals surface area contributed by atoms with Crippen molar-refractivity contribution in [2.45, 2.75) is 24.3 Å². The van der Waals surface area contributed by atoms with Crippen LogP contribution in [0, 0.1) is 0 Å². The molecule has 0 spiro atoms. The van der Waals surface area contributed by atoms with Gasteiger partial charge < -0.3 is 10.6 Å². The van der Waals surface area contributed by atoms with E-state index in [1.54, 1.807) is 35.2 Å². The van der Waals surface area contributed by atoms with E-state index in [0.717, 1.165) is 27.8 Å². The van der Waals surface area contributed by atoms with Crippen LogP contribution in [0.4, 0.5) is 10.8 Å². The summed E-state index contributed by atoms with van der Waals surface area (Å²) in [5.41, 5.74) is 3.53. The van der Waals surface area contributed by atoms with E-state index in [9.17, 15) is 8.42 Å². The van der Waals surface area contributed by atoms with Crippen molar-refractivity contribution in [1.82, 2.24) is 15.5 Å². The minimum atomic E-state index is -4.31. The van der Waals surface area contributed by atoms with Crippen molar-refractivity contribution in [3.05, 3.63) is 104 Å². The highest BCUT2D eigenvalue weighted by Crippen LogP contribution is 2.38. The highest BCUT2D eigenvalue weighted by Gasteiger charge is 2.26. The Kier molecular flexibility index (Phi) is 7.58. The normalized spacial score (nSPS) is 16.2. The summed E-state index contributed by atoms with van der Waals surface area (Å²) in [5, 5.41) is 22.0. The molecule has 1 aliphatic rings. The zero-order valence-electron chi connectivity index (χ0n) is 18.9. The number of thiophene rings is 1. The van der Waals surface area contributed by atoms with Crippen molar-refractivity contribution in [3.63, 3.8) is 0 Å². The van der Waals surface area contributed by atoms with Gasteiger partial charge in [0.25, 0.3) is 0 Å². The summed E-state index contributed by atoms with van der Waals surface area (Å²) in [7, 11) is -4.31. The van der Waals surface area contributed by atoms with Gasteiger partial charge in [0.15, 0.2) is 0 Å². The molecule has 0 fully saturated rings. The molecule has 2 atom stereocenters. The smallest absolute Gasteiger partial charge is 0.357 e. The van der Waals surface area contributed by atoms with E-state index in [1.807, 2.05) is 36.4 Å². The number of hydrogen-bond donors (Lipinski definition) is 4. The van der Waals surface area contributed by atoms with Gasteiger partial charge in [-0.25, -0.2) is 0 Å². The average Bonchev–Trinajstić information content (AvgIpc) is 3.62. The van der Waals surface area contributed by atoms with Crippen LogP contribution in [0.2, 0.25) is 0 Å². The van der Waals surface area contributed by atoms with Gasteiger partial charge >= 0.3 is 10.3 Å². The summed E-state index contributed by atoms with van der Waals surface area (Å²) in [6, 6.07) is 21.2. The molecule has 1 unspecified atom stereocenters. The molecule has 0 saturated carbocycles. The third-order valence-electron chi connectivity index (χ3n) is 5.41. The fourth-order valence-electron chi connectivity index (χ4n) is 3.76. The zero-order chi connectivity index (χ0) is 25.0. The van der Waals surface area contributed by atoms with Crippen LogP contribution >= 0.6 is 34.4 Å². The van der Waals surface area contributed by atoms with Crippen molar-refractivity contribution >= 4 is 55.6 Å². The van der Waals surface area contributed by atoms with Gasteiger partial charge in [-0.15, -0.1) is 33.3 Å². The molecule has 0 saturated heterocycles. The second kappa shape index (κ2) is 11.0. The first-order valence-electron chi connectivity index (χ1n) is 11.0. The molecule has 36 heavy (non-hydrogen) atoms. The Hall–Kier alpha value is -2.90. The molecule has 12 heteroatoms. The van der Waals surface area contributed by atoms with Crippen molar-refractivity contribution in [3.8, 4) is 0 Å². The van der Waals surface area contributed by atoms with Gasteiger partial charge in [0.05, 0.1) is 11.7 Å². The van der Waals surface area contributed by atoms with E-state index in [1.165, 1.54) is 21.8 Å². The molecular formula is C24H23N5O3S4. The Morgan fingerprint density at radius 1 is 1.00 bits per heavy atom. The van der Waals surface area contributed by atoms with Gasteiger partial charge in [-0.1, -0.05) is 59.9 Å². The fraction of sp³-hybridized carbons (Fsp3) is 0.167. The molecule has 2 aromatic carbocycles. The number of nitrogens with one attached hydrogen (secondary N) is 3. The number of benzene rings is 2. The maximum Gasteiger partial charge on any atom is 0.357 e. The Balaban J connectivity index is 1.32. The van der Waals surface area contributed by atoms with Crippen molar-refractivity contribution < 1.29 is 13.0 Å². The molecule has 8 nitrogen and oxygen atoms in total. The maximum absolute atomic E-state index is 11.1. The van der Waals surface area contributed by atoms with Crippen LogP contribution in [0.3, 0.4) is 0 Å². The minimum Gasteiger partial charge on any atom is -0.370 e. The molecule has 5 rings (SSSR count). The lowest BCUT2D eigenvalue weighted by Crippen LogP contribution is -2.31. The van der Waals surface area contributed by atoms with Gasteiger partial charge in [-0.3, -0.25) is 9.27 Å². The van der Waals surface area contributed by atoms with Crippen LogP contribution in [0.1, 0.15) is 26.4 Å². The summed E-state index contributed by atoms with van der Waals surface area (Å²) in [6.45, 7) is 0. The highest BCUT2D eigenvalue weighted by atomic mass is 32.2. The standard InChI is InChI=1S/C24H23N5O3S4/c30-36(31,32)29-18-10-8-17(9-11-18)13-19(20-15-34-23(25-20)21-7-4-12-33-21)26-24-28-27-22(35-24)14-16-5-2-1-3-6-16/h1-12,15,19,23,25,29H,13-14H2,(H,26,28)(H,30,31,32)/t19-,23?/m0/s1. The predicted molar refractivity (Wildman–Crippen MR) is 148 cm³/mol. The third kappa shape index (κ3) is 6.65. The number of nitrogens with zero attached hydrogens (tertiary/aromatic N) is 2. The van der Waals surface area contributed by atoms with E-state index >= 15 is 0 Å². The summed E-state index contributed by atoms with van der Waals surface area (Å²) < 4.78 is 33.3. The van der Waals surface area contributed by atoms with Gasteiger partial charge in [-0.2, -0.15) is 8.42 Å². The molecule has 186 valence electrons. The van der Waals surface area contributed by atoms with Crippen LogP contribution in [-0.4, -0.2) is 29.2 Å². The highest BCUT2D eigenvalue weighted by molar-refractivity contribution is 8.02. The molecule has 3 heterocycles. The van der Waals surface area contributed by atoms with E-state index in [-0.39, 0.29) is 11.4 Å². The topological polar surface area (TPSA) is 116 Å². The van der Waals surface area contributed by atoms with Gasteiger partial charge in [0.1, 0.15) is 10.4 Å². The maximum atomic E-state index is 11.1. The molecular weight excluding hydrogens is 535 g/mol. The third-order valence-corrected chi connectivity index (χ3v) is 8.88. The number of thioether (sulfide) groups is 1. The first kappa shape index (κ1) is 24.8. The molecule has 0 amide bonds. The van der Waals surface area contributed by atoms with Crippen molar-refractivity contribution in [1.29, 1.82) is 0 Å². The van der Waals surface area contributed by atoms with Crippen LogP contribution in [-0.2, 0) is 23.1 Å². The molecule has 0 aliphatic carbocycles. The molecule has 1 aliphatic heterocycles. The van der Waals surface area contributed by atoms with Crippen molar-refractivity contribution in [2.24, 2.45) is 0 Å². The monoisotopic (exact) mass is 557 g/mol. The Bertz CT molecular complexity index is 1420. The second-order valence-electron chi connectivity index (χ2n) is 8.09. The minimum absolute atomic E-state index is 0.0969. The number of anilines is 2. The zero-order valence-corrected chi connectivity index (χ0v) is 22.1. The predicted octanol–water partition coefficient (Wildman–Crippen LogP) is 5.30. The largest absolute Gasteiger partial charge is 0.370 e. The molecule has 4 aromatic rings. The average molecular weight is 558 g/mol. The SMILES string of the molecule is O=S(=O)(O)Nc1ccc(C[C@H](Nc2nnc(Cc3ccccc3)s2)C2=CSC(c3cccs3)N2)cc1. The molecule has 0 bridgehead atoms. The first-order valence-corrected chi connectivity index (χ1v) is 15.1. The van der Waals surface area contributed by atoms with Crippen molar-refractivity contribution in [2.75, 3.05) is 10.0 Å². The van der Waals surface area contributed by atoms with Gasteiger partial charge in [0.2, 0.25) is 5.13 Å². The van der Waals surface area contributed by atoms with Crippen LogP contribution in [0.25, 0.3) is 0 Å². The summed E-state index contributed by atoms with van der Waals surface area (Å²) in [5.74, 6) is 0. The second-order valence-corrected chi connectivity index (χ2v) is 12.3. The van der Waals surface area contributed by atoms with Crippen LogP contribution < -0.4 is 15.4 Å². The Labute approximate surface area is 221 Å². The summed E-state index contributed by atoms with van der Waals surface area (Å²) >= 11 is 4.99. The quantitative estimate of drug-likeness (QED) is 0.194. The summed E-state index contributed by atoms with van der Waals surface area (Å²) in [6.07, 6.45) is 1.36. The lowest BCUT2D eigenvalue weighted by atomic mass is 10.0. The number of hydrogen-bond acceptors (Lipinski definition) is 9. The fourth-order valence-corrected chi connectivity index (χ4v) is 6.94. The van der Waals surface area contributed by atoms with Crippen LogP contribution in [0.15, 0.2) is 83.2 Å². The summed E-state index contributed by atoms with van der Waals surface area (Å²) in [4.78, 5) is 1.26. The van der Waals surface area contributed by atoms with E-state index in [0.29, 0.717) is 12.1 Å². The number of rotatable bonds is 10. The lowest BCUT2D eigenvalue weighted by Gasteiger charge is -2.22. The van der Waals surface area contributed by atoms with Gasteiger partial charge in [-0.05, 0) is 46.5 Å². The Morgan fingerprint density at radius 2 is 1.81 bits per heavy atom. The molecule has 4 N–H and O–H groups in total. The van der Waals surface area contributed by atoms with Crippen LogP contribution in [0.5, 0.6) is 0 Å². The molecule has 2 aromatic heterocycles.